The van der Waals surface area contributed by atoms with Crippen molar-refractivity contribution in [2.75, 3.05) is 34.5 Å². The van der Waals surface area contributed by atoms with Gasteiger partial charge in [0.05, 0.1) is 32.3 Å². The van der Waals surface area contributed by atoms with Crippen LogP contribution < -0.4 is 14.8 Å². The molecule has 0 radical (unpaired) electrons. The Kier molecular flexibility index (Phi) is 9.48. The normalized spacial score (nSPS) is 22.3. The summed E-state index contributed by atoms with van der Waals surface area (Å²) >= 11 is 0. The second kappa shape index (κ2) is 13.5. The maximum atomic E-state index is 12.9. The molecule has 0 saturated carbocycles. The summed E-state index contributed by atoms with van der Waals surface area (Å²) in [7, 11) is 4.73. The van der Waals surface area contributed by atoms with E-state index < -0.39 is 61.1 Å². The second-order valence-electron chi connectivity index (χ2n) is 10.5. The molecule has 2 N–H and O–H groups in total. The molecule has 0 aromatic heterocycles. The number of methoxy groups -OCH3 is 2. The van der Waals surface area contributed by atoms with E-state index in [1.165, 1.54) is 0 Å². The molecule has 0 spiro atoms. The third-order valence-electron chi connectivity index (χ3n) is 8.01. The lowest BCUT2D eigenvalue weighted by Gasteiger charge is -2.42. The van der Waals surface area contributed by atoms with Gasteiger partial charge in [0, 0.05) is 7.05 Å². The van der Waals surface area contributed by atoms with Crippen molar-refractivity contribution >= 4 is 17.8 Å². The number of amides is 1. The van der Waals surface area contributed by atoms with Gasteiger partial charge in [0.1, 0.15) is 36.4 Å². The molecule has 5 rings (SSSR count). The largest absolute Gasteiger partial charge is 0.497 e. The summed E-state index contributed by atoms with van der Waals surface area (Å²) in [4.78, 5) is 36.7. The SMILES string of the molecule is CNC(=O)C1CC2OC1C(OC(c1ccccc1)(c1ccc(OC)cc1)c1ccc(OC)cc1)C2OC(=O)COCC(=O)O. The molecule has 11 nitrogen and oxygen atoms in total. The van der Waals surface area contributed by atoms with Gasteiger partial charge in [-0.05, 0) is 47.4 Å². The molecule has 232 valence electrons. The van der Waals surface area contributed by atoms with Crippen LogP contribution in [0.1, 0.15) is 23.1 Å². The highest BCUT2D eigenvalue weighted by atomic mass is 16.6. The fraction of sp³-hybridized carbons (Fsp3) is 0.364. The minimum atomic E-state index is -1.27. The molecule has 5 unspecified atom stereocenters. The fourth-order valence-electron chi connectivity index (χ4n) is 6.01. The number of nitrogens with one attached hydrogen (secondary N) is 1. The van der Waals surface area contributed by atoms with E-state index in [1.54, 1.807) is 21.3 Å². The van der Waals surface area contributed by atoms with Crippen molar-refractivity contribution in [3.63, 3.8) is 0 Å². The van der Waals surface area contributed by atoms with Gasteiger partial charge in [-0.3, -0.25) is 4.79 Å². The van der Waals surface area contributed by atoms with E-state index >= 15 is 0 Å². The van der Waals surface area contributed by atoms with E-state index in [1.807, 2.05) is 78.9 Å². The number of carboxylic acids is 1. The van der Waals surface area contributed by atoms with Gasteiger partial charge in [-0.25, -0.2) is 9.59 Å². The van der Waals surface area contributed by atoms with Crippen molar-refractivity contribution in [2.24, 2.45) is 5.92 Å². The summed E-state index contributed by atoms with van der Waals surface area (Å²) in [6, 6.07) is 24.6. The third-order valence-corrected chi connectivity index (χ3v) is 8.01. The highest BCUT2D eigenvalue weighted by Gasteiger charge is 2.61. The molecule has 11 heteroatoms. The van der Waals surface area contributed by atoms with Gasteiger partial charge in [-0.1, -0.05) is 54.6 Å². The van der Waals surface area contributed by atoms with E-state index in [4.69, 9.17) is 33.5 Å². The zero-order valence-corrected chi connectivity index (χ0v) is 24.6. The van der Waals surface area contributed by atoms with Crippen molar-refractivity contribution in [1.29, 1.82) is 0 Å². The maximum absolute atomic E-state index is 12.9. The molecule has 3 aromatic rings. The summed E-state index contributed by atoms with van der Waals surface area (Å²) in [6.45, 7) is -1.21. The number of rotatable bonds is 13. The molecule has 2 aliphatic heterocycles. The summed E-state index contributed by atoms with van der Waals surface area (Å²) in [5.74, 6) is -1.42. The molecule has 2 aliphatic rings. The topological polar surface area (TPSA) is 139 Å². The average Bonchev–Trinajstić information content (AvgIpc) is 3.63. The van der Waals surface area contributed by atoms with Gasteiger partial charge in [-0.2, -0.15) is 0 Å². The molecule has 0 aliphatic carbocycles. The summed E-state index contributed by atoms with van der Waals surface area (Å²) < 4.78 is 35.2. The molecule has 3 aromatic carbocycles. The molecular formula is C33H35NO10. The van der Waals surface area contributed by atoms with Crippen molar-refractivity contribution in [2.45, 2.75) is 36.4 Å². The highest BCUT2D eigenvalue weighted by molar-refractivity contribution is 5.80. The minimum absolute atomic E-state index is 0.208. The number of ether oxygens (including phenoxy) is 6. The lowest BCUT2D eigenvalue weighted by molar-refractivity contribution is -0.173. The van der Waals surface area contributed by atoms with Gasteiger partial charge in [-0.15, -0.1) is 0 Å². The Bertz CT molecular complexity index is 1400. The molecule has 5 atom stereocenters. The Morgan fingerprint density at radius 1 is 0.841 bits per heavy atom. The number of carbonyl (C=O) groups is 3. The minimum Gasteiger partial charge on any atom is -0.497 e. The van der Waals surface area contributed by atoms with Gasteiger partial charge in [0.2, 0.25) is 5.91 Å². The second-order valence-corrected chi connectivity index (χ2v) is 10.5. The van der Waals surface area contributed by atoms with Crippen molar-refractivity contribution in [3.8, 4) is 11.5 Å². The summed E-state index contributed by atoms with van der Waals surface area (Å²) in [5.41, 5.74) is 1.02. The number of benzene rings is 3. The first-order chi connectivity index (χ1) is 21.3. The Morgan fingerprint density at radius 3 is 1.93 bits per heavy atom. The van der Waals surface area contributed by atoms with E-state index in [-0.39, 0.29) is 5.91 Å². The van der Waals surface area contributed by atoms with E-state index in [0.29, 0.717) is 17.9 Å². The van der Waals surface area contributed by atoms with Crippen LogP contribution in [0.25, 0.3) is 0 Å². The van der Waals surface area contributed by atoms with Crippen molar-refractivity contribution < 1.29 is 47.9 Å². The number of aliphatic carboxylic acids is 1. The molecule has 44 heavy (non-hydrogen) atoms. The van der Waals surface area contributed by atoms with Crippen molar-refractivity contribution in [3.05, 3.63) is 95.6 Å². The number of carboxylic acid groups (broad SMARTS) is 1. The van der Waals surface area contributed by atoms with Crippen LogP contribution in [0.5, 0.6) is 11.5 Å². The number of fused-ring (bicyclic) bond motifs is 2. The Labute approximate surface area is 255 Å². The zero-order chi connectivity index (χ0) is 31.3. The van der Waals surface area contributed by atoms with Gasteiger partial charge in [0.15, 0.2) is 6.10 Å². The van der Waals surface area contributed by atoms with Crippen LogP contribution in [0.3, 0.4) is 0 Å². The van der Waals surface area contributed by atoms with Crippen LogP contribution in [0, 0.1) is 5.92 Å². The molecule has 2 fully saturated rings. The van der Waals surface area contributed by atoms with Crippen molar-refractivity contribution in [1.82, 2.24) is 5.32 Å². The van der Waals surface area contributed by atoms with Crippen LogP contribution in [0.2, 0.25) is 0 Å². The zero-order valence-electron chi connectivity index (χ0n) is 24.6. The molecule has 1 amide bonds. The molecule has 2 bridgehead atoms. The van der Waals surface area contributed by atoms with Crippen LogP contribution >= 0.6 is 0 Å². The predicted molar refractivity (Wildman–Crippen MR) is 156 cm³/mol. The van der Waals surface area contributed by atoms with Gasteiger partial charge < -0.3 is 38.8 Å². The molecular weight excluding hydrogens is 570 g/mol. The lowest BCUT2D eigenvalue weighted by atomic mass is 9.78. The first kappa shape index (κ1) is 31.0. The molecule has 2 heterocycles. The first-order valence-corrected chi connectivity index (χ1v) is 14.2. The monoisotopic (exact) mass is 605 g/mol. The smallest absolute Gasteiger partial charge is 0.332 e. The highest BCUT2D eigenvalue weighted by Crippen LogP contribution is 2.49. The average molecular weight is 606 g/mol. The van der Waals surface area contributed by atoms with Crippen LogP contribution in [-0.2, 0) is 38.9 Å². The van der Waals surface area contributed by atoms with E-state index in [2.05, 4.69) is 5.32 Å². The number of carbonyl (C=O) groups excluding carboxylic acids is 2. The number of esters is 1. The van der Waals surface area contributed by atoms with Gasteiger partial charge in [0.25, 0.3) is 0 Å². The number of hydrogen-bond acceptors (Lipinski definition) is 9. The van der Waals surface area contributed by atoms with E-state index in [9.17, 15) is 14.4 Å². The lowest BCUT2D eigenvalue weighted by Crippen LogP contribution is -2.53. The Hall–Kier alpha value is -4.45. The summed E-state index contributed by atoms with van der Waals surface area (Å²) in [6.07, 6.45) is -2.85. The Morgan fingerprint density at radius 2 is 1.41 bits per heavy atom. The van der Waals surface area contributed by atoms with Gasteiger partial charge >= 0.3 is 11.9 Å². The number of hydrogen-bond donors (Lipinski definition) is 2. The quantitative estimate of drug-likeness (QED) is 0.221. The van der Waals surface area contributed by atoms with Crippen LogP contribution in [-0.4, -0.2) is 81.8 Å². The molecule has 2 saturated heterocycles. The van der Waals surface area contributed by atoms with Crippen LogP contribution in [0.15, 0.2) is 78.9 Å². The summed E-state index contributed by atoms with van der Waals surface area (Å²) in [5, 5.41) is 11.6. The van der Waals surface area contributed by atoms with E-state index in [0.717, 1.165) is 16.7 Å². The predicted octanol–water partition coefficient (Wildman–Crippen LogP) is 2.93. The standard InChI is InChI=1S/C33H35NO10/c1-34-32(38)25-17-26-30(43-28(37)19-41-18-27(35)36)31(29(25)42-26)44-33(20-7-5-4-6-8-20,21-9-13-23(39-2)14-10-21)22-11-15-24(40-3)16-12-22/h4-16,25-26,29-31H,17-19H2,1-3H3,(H,34,38)(H,35,36). The maximum Gasteiger partial charge on any atom is 0.332 e. The first-order valence-electron chi connectivity index (χ1n) is 14.2. The third kappa shape index (κ3) is 6.12. The fourth-order valence-corrected chi connectivity index (χ4v) is 6.01. The Balaban J connectivity index is 1.62. The van der Waals surface area contributed by atoms with Crippen LogP contribution in [0.4, 0.5) is 0 Å².